The van der Waals surface area contributed by atoms with Gasteiger partial charge in [-0.15, -0.1) is 0 Å². The van der Waals surface area contributed by atoms with Gasteiger partial charge in [-0.1, -0.05) is 18.2 Å². The predicted molar refractivity (Wildman–Crippen MR) is 67.5 cm³/mol. The number of nitrogens with zero attached hydrogens (tertiary/aromatic N) is 2. The lowest BCUT2D eigenvalue weighted by atomic mass is 10.4. The molecule has 0 aliphatic carbocycles. The summed E-state index contributed by atoms with van der Waals surface area (Å²) in [4.78, 5) is 2.37. The van der Waals surface area contributed by atoms with Gasteiger partial charge in [0.25, 0.3) is 0 Å². The smallest absolute Gasteiger partial charge is 0.203 e. The van der Waals surface area contributed by atoms with Crippen LogP contribution >= 0.6 is 12.2 Å². The molecule has 82 valence electrons. The van der Waals surface area contributed by atoms with E-state index in [-0.39, 0.29) is 0 Å². The van der Waals surface area contributed by atoms with Crippen LogP contribution in [0.25, 0.3) is 0 Å². The van der Waals surface area contributed by atoms with Crippen LogP contribution in [0.3, 0.4) is 0 Å². The van der Waals surface area contributed by atoms with Crippen LogP contribution in [0, 0.1) is 0 Å². The Labute approximate surface area is 96.3 Å². The number of thiocarbonyl (C=S) groups is 1. The van der Waals surface area contributed by atoms with E-state index in [0.717, 1.165) is 0 Å². The predicted octanol–water partition coefficient (Wildman–Crippen LogP) is 1.99. The van der Waals surface area contributed by atoms with Crippen molar-refractivity contribution in [2.24, 2.45) is 4.36 Å². The highest BCUT2D eigenvalue weighted by molar-refractivity contribution is 7.94. The zero-order valence-corrected chi connectivity index (χ0v) is 10.6. The third-order valence-electron chi connectivity index (χ3n) is 1.82. The fourth-order valence-electron chi connectivity index (χ4n) is 0.956. The fraction of sp³-hybridized carbons (Fsp3) is 0.300. The topological polar surface area (TPSA) is 32.7 Å². The van der Waals surface area contributed by atoms with Gasteiger partial charge in [0.2, 0.25) is 5.11 Å². The van der Waals surface area contributed by atoms with E-state index in [1.807, 2.05) is 18.2 Å². The highest BCUT2D eigenvalue weighted by Crippen LogP contribution is 2.11. The Balaban J connectivity index is 3.14. The van der Waals surface area contributed by atoms with E-state index in [1.54, 1.807) is 37.4 Å². The lowest BCUT2D eigenvalue weighted by Gasteiger charge is -2.10. The summed E-state index contributed by atoms with van der Waals surface area (Å²) < 4.78 is 16.3. The maximum atomic E-state index is 12.2. The average Bonchev–Trinajstić information content (AvgIpc) is 2.18. The molecule has 0 saturated heterocycles. The molecular weight excluding hydrogens is 228 g/mol. The van der Waals surface area contributed by atoms with Gasteiger partial charge in [-0.05, 0) is 24.4 Å². The Morgan fingerprint density at radius 1 is 1.33 bits per heavy atom. The van der Waals surface area contributed by atoms with Gasteiger partial charge in [-0.3, -0.25) is 0 Å². The summed E-state index contributed by atoms with van der Waals surface area (Å²) in [5.41, 5.74) is 0. The molecule has 1 aromatic rings. The van der Waals surface area contributed by atoms with E-state index in [9.17, 15) is 4.21 Å². The minimum atomic E-state index is -2.41. The molecule has 1 unspecified atom stereocenters. The Kier molecular flexibility index (Phi) is 3.82. The van der Waals surface area contributed by atoms with Crippen molar-refractivity contribution in [2.45, 2.75) is 4.90 Å². The summed E-state index contributed by atoms with van der Waals surface area (Å²) in [6.07, 6.45) is 1.60. The molecule has 15 heavy (non-hydrogen) atoms. The average molecular weight is 242 g/mol. The molecule has 5 heteroatoms. The number of rotatable bonds is 1. The Bertz CT molecular complexity index is 460. The molecule has 0 saturated carbocycles. The first kappa shape index (κ1) is 12.1. The highest BCUT2D eigenvalue weighted by Gasteiger charge is 2.07. The van der Waals surface area contributed by atoms with Gasteiger partial charge in [0.05, 0.1) is 9.73 Å². The first-order chi connectivity index (χ1) is 6.93. The van der Waals surface area contributed by atoms with Crippen LogP contribution in [0.1, 0.15) is 0 Å². The van der Waals surface area contributed by atoms with Gasteiger partial charge in [-0.2, -0.15) is 4.36 Å². The van der Waals surface area contributed by atoms with Crippen LogP contribution in [0.15, 0.2) is 39.6 Å². The monoisotopic (exact) mass is 242 g/mol. The molecule has 0 fully saturated rings. The van der Waals surface area contributed by atoms with Crippen LogP contribution in [0.2, 0.25) is 0 Å². The minimum absolute atomic E-state index is 0.353. The van der Waals surface area contributed by atoms with Gasteiger partial charge in [0.1, 0.15) is 0 Å². The van der Waals surface area contributed by atoms with E-state index >= 15 is 0 Å². The van der Waals surface area contributed by atoms with E-state index in [4.69, 9.17) is 12.2 Å². The van der Waals surface area contributed by atoms with Crippen molar-refractivity contribution in [3.05, 3.63) is 30.3 Å². The maximum absolute atomic E-state index is 12.2. The van der Waals surface area contributed by atoms with Crippen molar-refractivity contribution in [1.82, 2.24) is 4.90 Å². The quantitative estimate of drug-likeness (QED) is 0.706. The molecule has 3 nitrogen and oxygen atoms in total. The molecule has 0 bridgehead atoms. The zero-order valence-electron chi connectivity index (χ0n) is 9.01. The molecular formula is C10H14N2OS2. The molecule has 0 aliphatic heterocycles. The molecule has 1 atom stereocenters. The van der Waals surface area contributed by atoms with Crippen LogP contribution < -0.4 is 0 Å². The highest BCUT2D eigenvalue weighted by atomic mass is 32.2. The van der Waals surface area contributed by atoms with E-state index < -0.39 is 9.73 Å². The number of benzene rings is 1. The third-order valence-corrected chi connectivity index (χ3v) is 4.06. The molecule has 1 rings (SSSR count). The van der Waals surface area contributed by atoms with E-state index in [1.165, 1.54) is 0 Å². The molecule has 0 amide bonds. The summed E-state index contributed by atoms with van der Waals surface area (Å²) in [5.74, 6) is 0. The molecule has 1 aromatic carbocycles. The molecule has 0 aliphatic rings. The van der Waals surface area contributed by atoms with Gasteiger partial charge < -0.3 is 4.90 Å². The summed E-state index contributed by atoms with van der Waals surface area (Å²) in [5, 5.41) is 0.353. The molecule has 0 N–H and O–H groups in total. The number of hydrogen-bond acceptors (Lipinski definition) is 2. The zero-order chi connectivity index (χ0) is 11.5. The van der Waals surface area contributed by atoms with Crippen molar-refractivity contribution < 1.29 is 4.21 Å². The van der Waals surface area contributed by atoms with Gasteiger partial charge in [-0.25, -0.2) is 4.21 Å². The summed E-state index contributed by atoms with van der Waals surface area (Å²) in [6, 6.07) is 9.15. The van der Waals surface area contributed by atoms with Gasteiger partial charge in [0, 0.05) is 25.2 Å². The molecule has 0 heterocycles. The van der Waals surface area contributed by atoms with E-state index in [0.29, 0.717) is 10.0 Å². The van der Waals surface area contributed by atoms with E-state index in [2.05, 4.69) is 4.36 Å². The largest absolute Gasteiger partial charge is 0.353 e. The Morgan fingerprint density at radius 3 is 2.33 bits per heavy atom. The maximum Gasteiger partial charge on any atom is 0.203 e. The number of hydrogen-bond donors (Lipinski definition) is 0. The second kappa shape index (κ2) is 4.72. The van der Waals surface area contributed by atoms with Crippen LogP contribution in [-0.4, -0.2) is 34.6 Å². The minimum Gasteiger partial charge on any atom is -0.353 e. The molecule has 0 radical (unpaired) electrons. The van der Waals surface area contributed by atoms with Gasteiger partial charge >= 0.3 is 0 Å². The lowest BCUT2D eigenvalue weighted by molar-refractivity contribution is 0.627. The standard InChI is InChI=1S/C10H14N2OS2/c1-12(2)10(14)11-15(3,13)9-7-5-4-6-8-9/h4-8H,1-3H3. The van der Waals surface area contributed by atoms with Crippen LogP contribution in [-0.2, 0) is 9.73 Å². The van der Waals surface area contributed by atoms with Crippen molar-refractivity contribution in [1.29, 1.82) is 0 Å². The summed E-state index contributed by atoms with van der Waals surface area (Å²) in [7, 11) is 1.16. The normalized spacial score (nSPS) is 14.1. The SMILES string of the molecule is CN(C)C(=S)N=S(C)(=O)c1ccccc1. The fourth-order valence-corrected chi connectivity index (χ4v) is 2.61. The Morgan fingerprint density at radius 2 is 1.87 bits per heavy atom. The summed E-state index contributed by atoms with van der Waals surface area (Å²) >= 11 is 5.01. The first-order valence-corrected chi connectivity index (χ1v) is 6.75. The van der Waals surface area contributed by atoms with Crippen LogP contribution in [0.5, 0.6) is 0 Å². The lowest BCUT2D eigenvalue weighted by Crippen LogP contribution is -2.19. The van der Waals surface area contributed by atoms with Crippen LogP contribution in [0.4, 0.5) is 0 Å². The van der Waals surface area contributed by atoms with Crippen molar-refractivity contribution in [3.63, 3.8) is 0 Å². The molecule has 0 aromatic heterocycles. The second-order valence-electron chi connectivity index (χ2n) is 3.38. The molecule has 0 spiro atoms. The van der Waals surface area contributed by atoms with Crippen molar-refractivity contribution >= 4 is 27.1 Å². The Hall–Kier alpha value is -0.940. The van der Waals surface area contributed by atoms with Gasteiger partial charge in [0.15, 0.2) is 0 Å². The third kappa shape index (κ3) is 3.28. The second-order valence-corrected chi connectivity index (χ2v) is 6.01. The van der Waals surface area contributed by atoms with Crippen molar-refractivity contribution in [2.75, 3.05) is 20.4 Å². The first-order valence-electron chi connectivity index (χ1n) is 4.42. The van der Waals surface area contributed by atoms with Crippen molar-refractivity contribution in [3.8, 4) is 0 Å². The summed E-state index contributed by atoms with van der Waals surface area (Å²) in [6.45, 7) is 0.